The number of carbonyl (C=O) groups is 1. The first-order chi connectivity index (χ1) is 11.0. The largest absolute Gasteiger partial charge is 0.340 e. The Labute approximate surface area is 138 Å². The molecule has 6 nitrogen and oxygen atoms in total. The van der Waals surface area contributed by atoms with Crippen LogP contribution < -0.4 is 4.72 Å². The third kappa shape index (κ3) is 5.93. The summed E-state index contributed by atoms with van der Waals surface area (Å²) in [6, 6.07) is 9.02. The summed E-state index contributed by atoms with van der Waals surface area (Å²) in [5.74, 6) is -0.0415. The standard InChI is InChI=1S/C16H25N3O3S/c1-2-18-10-12-19(13-11-18)16(20)8-9-17-23(21,22)14-15-6-4-3-5-7-15/h3-7,17H,2,8-14H2,1H3. The minimum atomic E-state index is -3.40. The SMILES string of the molecule is CCN1CCN(C(=O)CCNS(=O)(=O)Cc2ccccc2)CC1. The van der Waals surface area contributed by atoms with Crippen molar-refractivity contribution in [1.29, 1.82) is 0 Å². The summed E-state index contributed by atoms with van der Waals surface area (Å²) in [6.07, 6.45) is 0.208. The summed E-state index contributed by atoms with van der Waals surface area (Å²) in [4.78, 5) is 16.2. The number of piperazine rings is 1. The van der Waals surface area contributed by atoms with Crippen molar-refractivity contribution >= 4 is 15.9 Å². The fourth-order valence-corrected chi connectivity index (χ4v) is 3.78. The Hall–Kier alpha value is -1.44. The second kappa shape index (κ2) is 8.42. The van der Waals surface area contributed by atoms with Gasteiger partial charge in [0.1, 0.15) is 0 Å². The van der Waals surface area contributed by atoms with E-state index in [0.29, 0.717) is 0 Å². The zero-order chi connectivity index (χ0) is 16.7. The first-order valence-corrected chi connectivity index (χ1v) is 9.67. The number of hydrogen-bond donors (Lipinski definition) is 1. The van der Waals surface area contributed by atoms with E-state index in [-0.39, 0.29) is 24.6 Å². The lowest BCUT2D eigenvalue weighted by molar-refractivity contribution is -0.132. The first-order valence-electron chi connectivity index (χ1n) is 8.01. The van der Waals surface area contributed by atoms with E-state index in [0.717, 1.165) is 38.3 Å². The van der Waals surface area contributed by atoms with Crippen LogP contribution in [-0.2, 0) is 20.6 Å². The van der Waals surface area contributed by atoms with Gasteiger partial charge in [-0.2, -0.15) is 0 Å². The molecule has 1 aromatic carbocycles. The van der Waals surface area contributed by atoms with Crippen LogP contribution in [0.15, 0.2) is 30.3 Å². The van der Waals surface area contributed by atoms with Gasteiger partial charge in [-0.05, 0) is 12.1 Å². The molecule has 0 aliphatic carbocycles. The number of benzene rings is 1. The van der Waals surface area contributed by atoms with Gasteiger partial charge in [0.25, 0.3) is 0 Å². The Morgan fingerprint density at radius 1 is 1.13 bits per heavy atom. The topological polar surface area (TPSA) is 69.7 Å². The fourth-order valence-electron chi connectivity index (χ4n) is 2.63. The molecule has 1 aliphatic rings. The van der Waals surface area contributed by atoms with Crippen molar-refractivity contribution in [2.75, 3.05) is 39.3 Å². The van der Waals surface area contributed by atoms with Gasteiger partial charge in [-0.3, -0.25) is 4.79 Å². The predicted octanol–water partition coefficient (Wildman–Crippen LogP) is 0.660. The highest BCUT2D eigenvalue weighted by molar-refractivity contribution is 7.88. The molecule has 1 heterocycles. The zero-order valence-electron chi connectivity index (χ0n) is 13.6. The molecule has 1 saturated heterocycles. The Bertz CT molecular complexity index is 596. The van der Waals surface area contributed by atoms with Crippen LogP contribution in [0.25, 0.3) is 0 Å². The summed E-state index contributed by atoms with van der Waals surface area (Å²) < 4.78 is 26.5. The van der Waals surface area contributed by atoms with Crippen molar-refractivity contribution in [2.45, 2.75) is 19.1 Å². The number of carbonyl (C=O) groups excluding carboxylic acids is 1. The van der Waals surface area contributed by atoms with E-state index in [2.05, 4.69) is 16.5 Å². The van der Waals surface area contributed by atoms with Crippen molar-refractivity contribution in [2.24, 2.45) is 0 Å². The minimum absolute atomic E-state index is 0.0168. The van der Waals surface area contributed by atoms with E-state index in [4.69, 9.17) is 0 Å². The summed E-state index contributed by atoms with van der Waals surface area (Å²) in [5.41, 5.74) is 0.738. The van der Waals surface area contributed by atoms with Gasteiger partial charge in [-0.15, -0.1) is 0 Å². The molecular formula is C16H25N3O3S. The van der Waals surface area contributed by atoms with Gasteiger partial charge in [0, 0.05) is 39.1 Å². The third-order valence-corrected chi connectivity index (χ3v) is 5.39. The normalized spacial score (nSPS) is 16.5. The molecule has 1 amide bonds. The van der Waals surface area contributed by atoms with Gasteiger partial charge in [0.15, 0.2) is 0 Å². The molecule has 0 aromatic heterocycles. The molecule has 0 radical (unpaired) electrons. The number of nitrogens with zero attached hydrogens (tertiary/aromatic N) is 2. The maximum absolute atomic E-state index is 12.1. The summed E-state index contributed by atoms with van der Waals surface area (Å²) in [6.45, 7) is 6.50. The average molecular weight is 339 g/mol. The Kier molecular flexibility index (Phi) is 6.56. The smallest absolute Gasteiger partial charge is 0.223 e. The van der Waals surface area contributed by atoms with Crippen LogP contribution in [0.4, 0.5) is 0 Å². The van der Waals surface area contributed by atoms with Crippen LogP contribution >= 0.6 is 0 Å². The highest BCUT2D eigenvalue weighted by Gasteiger charge is 2.20. The Morgan fingerprint density at radius 3 is 2.39 bits per heavy atom. The van der Waals surface area contributed by atoms with Crippen molar-refractivity contribution in [3.8, 4) is 0 Å². The molecule has 0 saturated carbocycles. The summed E-state index contributed by atoms with van der Waals surface area (Å²) in [5, 5.41) is 0. The Balaban J connectivity index is 1.72. The molecule has 1 aromatic rings. The highest BCUT2D eigenvalue weighted by Crippen LogP contribution is 2.05. The molecule has 1 N–H and O–H groups in total. The molecule has 1 fully saturated rings. The fraction of sp³-hybridized carbons (Fsp3) is 0.562. The maximum atomic E-state index is 12.1. The van der Waals surface area contributed by atoms with Gasteiger partial charge in [0.05, 0.1) is 5.75 Å². The van der Waals surface area contributed by atoms with Crippen LogP contribution in [0.5, 0.6) is 0 Å². The van der Waals surface area contributed by atoms with E-state index in [1.165, 1.54) is 0 Å². The van der Waals surface area contributed by atoms with Crippen molar-refractivity contribution in [1.82, 2.24) is 14.5 Å². The van der Waals surface area contributed by atoms with Crippen LogP contribution in [-0.4, -0.2) is 63.4 Å². The second-order valence-electron chi connectivity index (χ2n) is 5.70. The molecule has 0 bridgehead atoms. The molecule has 0 atom stereocenters. The summed E-state index contributed by atoms with van der Waals surface area (Å²) in [7, 11) is -3.40. The van der Waals surface area contributed by atoms with Gasteiger partial charge in [0.2, 0.25) is 15.9 Å². The van der Waals surface area contributed by atoms with E-state index < -0.39 is 10.0 Å². The number of hydrogen-bond acceptors (Lipinski definition) is 4. The maximum Gasteiger partial charge on any atom is 0.223 e. The number of amides is 1. The van der Waals surface area contributed by atoms with E-state index >= 15 is 0 Å². The van der Waals surface area contributed by atoms with Crippen LogP contribution in [0.3, 0.4) is 0 Å². The van der Waals surface area contributed by atoms with E-state index in [9.17, 15) is 13.2 Å². The monoisotopic (exact) mass is 339 g/mol. The van der Waals surface area contributed by atoms with Gasteiger partial charge in [-0.25, -0.2) is 13.1 Å². The highest BCUT2D eigenvalue weighted by atomic mass is 32.2. The Morgan fingerprint density at radius 2 is 1.78 bits per heavy atom. The average Bonchev–Trinajstić information content (AvgIpc) is 2.55. The number of sulfonamides is 1. The lowest BCUT2D eigenvalue weighted by Crippen LogP contribution is -2.49. The van der Waals surface area contributed by atoms with Crippen LogP contribution in [0.2, 0.25) is 0 Å². The van der Waals surface area contributed by atoms with Crippen molar-refractivity contribution < 1.29 is 13.2 Å². The molecule has 0 unspecified atom stereocenters. The molecule has 7 heteroatoms. The van der Waals surface area contributed by atoms with E-state index in [1.807, 2.05) is 23.1 Å². The minimum Gasteiger partial charge on any atom is -0.340 e. The molecule has 1 aliphatic heterocycles. The lowest BCUT2D eigenvalue weighted by atomic mass is 10.2. The van der Waals surface area contributed by atoms with Gasteiger partial charge >= 0.3 is 0 Å². The van der Waals surface area contributed by atoms with Gasteiger partial charge in [-0.1, -0.05) is 37.3 Å². The van der Waals surface area contributed by atoms with E-state index in [1.54, 1.807) is 12.1 Å². The molecular weight excluding hydrogens is 314 g/mol. The molecule has 0 spiro atoms. The first kappa shape index (κ1) is 17.9. The number of likely N-dealkylation sites (N-methyl/N-ethyl adjacent to an activating group) is 1. The quantitative estimate of drug-likeness (QED) is 0.792. The number of rotatable bonds is 7. The zero-order valence-corrected chi connectivity index (χ0v) is 14.4. The summed E-state index contributed by atoms with van der Waals surface area (Å²) >= 11 is 0. The molecule has 23 heavy (non-hydrogen) atoms. The predicted molar refractivity (Wildman–Crippen MR) is 90.4 cm³/mol. The second-order valence-corrected chi connectivity index (χ2v) is 7.51. The van der Waals surface area contributed by atoms with Crippen LogP contribution in [0, 0.1) is 0 Å². The van der Waals surface area contributed by atoms with Crippen molar-refractivity contribution in [3.63, 3.8) is 0 Å². The molecule has 128 valence electrons. The van der Waals surface area contributed by atoms with Gasteiger partial charge < -0.3 is 9.80 Å². The number of nitrogens with one attached hydrogen (secondary N) is 1. The third-order valence-electron chi connectivity index (χ3n) is 4.03. The van der Waals surface area contributed by atoms with Crippen molar-refractivity contribution in [3.05, 3.63) is 35.9 Å². The molecule has 2 rings (SSSR count). The van der Waals surface area contributed by atoms with Crippen LogP contribution in [0.1, 0.15) is 18.9 Å². The lowest BCUT2D eigenvalue weighted by Gasteiger charge is -2.34.